The number of carbonyl (C=O) groups is 1. The molecule has 0 radical (unpaired) electrons. The maximum Gasteiger partial charge on any atom is 0.224 e. The predicted molar refractivity (Wildman–Crippen MR) is 158 cm³/mol. The van der Waals surface area contributed by atoms with E-state index in [0.717, 1.165) is 33.7 Å². The monoisotopic (exact) mass is 517 g/mol. The number of fused-ring (bicyclic) bond motifs is 1. The molecule has 0 aliphatic carbocycles. The number of aryl methyl sites for hydroxylation is 1. The first-order valence-electron chi connectivity index (χ1n) is 13.6. The van der Waals surface area contributed by atoms with Gasteiger partial charge in [0.2, 0.25) is 5.91 Å². The van der Waals surface area contributed by atoms with Crippen LogP contribution in [0.5, 0.6) is 5.75 Å². The molecule has 1 N–H and O–H groups in total. The van der Waals surface area contributed by atoms with Crippen molar-refractivity contribution in [3.05, 3.63) is 120 Å². The van der Waals surface area contributed by atoms with Crippen LogP contribution in [0.1, 0.15) is 42.3 Å². The van der Waals surface area contributed by atoms with Crippen molar-refractivity contribution in [2.45, 2.75) is 46.2 Å². The van der Waals surface area contributed by atoms with E-state index in [2.05, 4.69) is 79.2 Å². The summed E-state index contributed by atoms with van der Waals surface area (Å²) in [4.78, 5) is 17.6. The van der Waals surface area contributed by atoms with Crippen molar-refractivity contribution in [2.75, 3.05) is 6.61 Å². The number of nitrogens with one attached hydrogen (secondary N) is 1. The lowest BCUT2D eigenvalue weighted by Crippen LogP contribution is -2.26. The Bertz CT molecular complexity index is 1550. The molecule has 0 spiro atoms. The van der Waals surface area contributed by atoms with Gasteiger partial charge in [-0.05, 0) is 58.9 Å². The zero-order chi connectivity index (χ0) is 27.2. The van der Waals surface area contributed by atoms with Gasteiger partial charge in [-0.15, -0.1) is 0 Å². The fourth-order valence-corrected chi connectivity index (χ4v) is 4.87. The molecule has 1 amide bonds. The Morgan fingerprint density at radius 2 is 1.62 bits per heavy atom. The molecule has 0 bridgehead atoms. The lowest BCUT2D eigenvalue weighted by molar-refractivity contribution is -0.120. The summed E-state index contributed by atoms with van der Waals surface area (Å²) >= 11 is 0. The quantitative estimate of drug-likeness (QED) is 0.215. The van der Waals surface area contributed by atoms with Gasteiger partial charge in [-0.1, -0.05) is 92.7 Å². The van der Waals surface area contributed by atoms with Gasteiger partial charge in [-0.2, -0.15) is 0 Å². The minimum absolute atomic E-state index is 0.0290. The Morgan fingerprint density at radius 1 is 0.897 bits per heavy atom. The van der Waals surface area contributed by atoms with Crippen molar-refractivity contribution < 1.29 is 9.53 Å². The van der Waals surface area contributed by atoms with Crippen LogP contribution >= 0.6 is 0 Å². The Labute approximate surface area is 230 Å². The van der Waals surface area contributed by atoms with Gasteiger partial charge in [0.05, 0.1) is 30.5 Å². The Kier molecular flexibility index (Phi) is 8.07. The lowest BCUT2D eigenvalue weighted by atomic mass is 10.0. The molecule has 0 aliphatic heterocycles. The number of amides is 1. The number of nitrogens with zero attached hydrogens (tertiary/aromatic N) is 2. The second kappa shape index (κ2) is 12.0. The van der Waals surface area contributed by atoms with Crippen molar-refractivity contribution in [2.24, 2.45) is 0 Å². The first-order chi connectivity index (χ1) is 19.0. The van der Waals surface area contributed by atoms with Crippen LogP contribution in [0.2, 0.25) is 0 Å². The average molecular weight is 518 g/mol. The number of carbonyl (C=O) groups excluding carboxylic acids is 1. The molecular formula is C34H35N3O2. The topological polar surface area (TPSA) is 56.1 Å². The minimum Gasteiger partial charge on any atom is -0.491 e. The number of benzene rings is 4. The van der Waals surface area contributed by atoms with Crippen LogP contribution in [-0.4, -0.2) is 22.1 Å². The summed E-state index contributed by atoms with van der Waals surface area (Å²) in [6.45, 7) is 7.95. The second-order valence-electron chi connectivity index (χ2n) is 10.2. The molecule has 1 aromatic heterocycles. The smallest absolute Gasteiger partial charge is 0.224 e. The highest BCUT2D eigenvalue weighted by molar-refractivity contribution is 5.79. The van der Waals surface area contributed by atoms with Gasteiger partial charge in [-0.3, -0.25) is 4.79 Å². The van der Waals surface area contributed by atoms with Crippen molar-refractivity contribution in [1.29, 1.82) is 0 Å². The van der Waals surface area contributed by atoms with Crippen LogP contribution in [0.25, 0.3) is 22.2 Å². The third-order valence-electron chi connectivity index (χ3n) is 6.97. The van der Waals surface area contributed by atoms with E-state index in [0.29, 0.717) is 32.0 Å². The number of ether oxygens (including phenoxy) is 1. The summed E-state index contributed by atoms with van der Waals surface area (Å²) in [7, 11) is 0. The van der Waals surface area contributed by atoms with Crippen molar-refractivity contribution in [3.63, 3.8) is 0 Å². The van der Waals surface area contributed by atoms with Gasteiger partial charge < -0.3 is 14.6 Å². The third-order valence-corrected chi connectivity index (χ3v) is 6.97. The maximum absolute atomic E-state index is 12.8. The fraction of sp³-hybridized carbons (Fsp3) is 0.235. The highest BCUT2D eigenvalue weighted by atomic mass is 16.5. The average Bonchev–Trinajstić information content (AvgIpc) is 3.30. The third kappa shape index (κ3) is 6.37. The van der Waals surface area contributed by atoms with E-state index < -0.39 is 0 Å². The van der Waals surface area contributed by atoms with Gasteiger partial charge in [0.1, 0.15) is 18.2 Å². The number of para-hydroxylation sites is 2. The molecule has 0 aliphatic rings. The van der Waals surface area contributed by atoms with Gasteiger partial charge >= 0.3 is 0 Å². The summed E-state index contributed by atoms with van der Waals surface area (Å²) in [6, 6.07) is 32.9. The highest BCUT2D eigenvalue weighted by Gasteiger charge is 2.14. The summed E-state index contributed by atoms with van der Waals surface area (Å²) in [5.74, 6) is 2.11. The first kappa shape index (κ1) is 26.2. The van der Waals surface area contributed by atoms with Crippen molar-refractivity contribution >= 4 is 16.9 Å². The second-order valence-corrected chi connectivity index (χ2v) is 10.2. The van der Waals surface area contributed by atoms with Crippen LogP contribution < -0.4 is 10.1 Å². The normalized spacial score (nSPS) is 11.2. The summed E-state index contributed by atoms with van der Waals surface area (Å²) < 4.78 is 8.41. The zero-order valence-corrected chi connectivity index (χ0v) is 22.9. The molecule has 5 rings (SSSR count). The number of aromatic nitrogens is 2. The van der Waals surface area contributed by atoms with Crippen molar-refractivity contribution in [3.8, 4) is 16.9 Å². The number of hydrogen-bond donors (Lipinski definition) is 1. The molecular weight excluding hydrogens is 482 g/mol. The minimum atomic E-state index is -0.0290. The van der Waals surface area contributed by atoms with Crippen LogP contribution in [0.15, 0.2) is 97.1 Å². The van der Waals surface area contributed by atoms with Crippen molar-refractivity contribution in [1.82, 2.24) is 14.9 Å². The molecule has 1 heterocycles. The Morgan fingerprint density at radius 3 is 2.38 bits per heavy atom. The molecule has 5 nitrogen and oxygen atoms in total. The predicted octanol–water partition coefficient (Wildman–Crippen LogP) is 7.07. The largest absolute Gasteiger partial charge is 0.491 e. The molecule has 0 saturated heterocycles. The van der Waals surface area contributed by atoms with Crippen LogP contribution in [-0.2, 0) is 24.3 Å². The molecule has 0 fully saturated rings. The van der Waals surface area contributed by atoms with E-state index in [1.54, 1.807) is 0 Å². The number of imidazole rings is 1. The van der Waals surface area contributed by atoms with Gasteiger partial charge in [0, 0.05) is 0 Å². The maximum atomic E-state index is 12.8. The summed E-state index contributed by atoms with van der Waals surface area (Å²) in [5, 5.41) is 3.07. The van der Waals surface area contributed by atoms with E-state index in [1.165, 1.54) is 16.7 Å². The number of rotatable bonds is 10. The SMILES string of the molecule is Cc1ccc(C(C)C)c(OCCn2c(CNC(=O)Cc3ccc(-c4ccccc4)cc3)nc3ccccc32)c1. The Balaban J connectivity index is 1.24. The summed E-state index contributed by atoms with van der Waals surface area (Å²) in [6.07, 6.45) is 0.323. The van der Waals surface area contributed by atoms with E-state index in [-0.39, 0.29) is 5.91 Å². The molecule has 198 valence electrons. The standard InChI is InChI=1S/C34H35N3O2/c1-24(2)29-18-13-25(3)21-32(29)39-20-19-37-31-12-8-7-11-30(31)36-33(37)23-35-34(38)22-26-14-16-28(17-15-26)27-9-5-4-6-10-27/h4-18,21,24H,19-20,22-23H2,1-3H3,(H,35,38). The summed E-state index contributed by atoms with van der Waals surface area (Å²) in [5.41, 5.74) is 7.63. The van der Waals surface area contributed by atoms with E-state index in [4.69, 9.17) is 9.72 Å². The highest BCUT2D eigenvalue weighted by Crippen LogP contribution is 2.28. The van der Waals surface area contributed by atoms with E-state index >= 15 is 0 Å². The number of hydrogen-bond acceptors (Lipinski definition) is 3. The molecule has 39 heavy (non-hydrogen) atoms. The van der Waals surface area contributed by atoms with E-state index in [9.17, 15) is 4.79 Å². The molecule has 0 unspecified atom stereocenters. The van der Waals surface area contributed by atoms with E-state index in [1.807, 2.05) is 48.5 Å². The molecule has 0 atom stereocenters. The van der Waals surface area contributed by atoms with Gasteiger partial charge in [-0.25, -0.2) is 4.98 Å². The molecule has 4 aromatic carbocycles. The van der Waals surface area contributed by atoms with Gasteiger partial charge in [0.15, 0.2) is 0 Å². The van der Waals surface area contributed by atoms with Crippen LogP contribution in [0.3, 0.4) is 0 Å². The lowest BCUT2D eigenvalue weighted by Gasteiger charge is -2.16. The van der Waals surface area contributed by atoms with Gasteiger partial charge in [0.25, 0.3) is 0 Å². The first-order valence-corrected chi connectivity index (χ1v) is 13.6. The molecule has 0 saturated carbocycles. The zero-order valence-electron chi connectivity index (χ0n) is 22.9. The molecule has 5 aromatic rings. The van der Waals surface area contributed by atoms with Crippen LogP contribution in [0, 0.1) is 6.92 Å². The Hall–Kier alpha value is -4.38. The molecule has 5 heteroatoms. The van der Waals surface area contributed by atoms with Crippen LogP contribution in [0.4, 0.5) is 0 Å². The fourth-order valence-electron chi connectivity index (χ4n) is 4.87.